The first-order valence-electron chi connectivity index (χ1n) is 5.02. The normalized spacial score (nSPS) is 20.5. The highest BCUT2D eigenvalue weighted by atomic mass is 35.5. The van der Waals surface area contributed by atoms with Gasteiger partial charge in [0.25, 0.3) is 0 Å². The Labute approximate surface area is 94.0 Å². The number of hydrogen-bond acceptors (Lipinski definition) is 3. The fourth-order valence-electron chi connectivity index (χ4n) is 1.99. The van der Waals surface area contributed by atoms with Crippen LogP contribution in [0, 0.1) is 0 Å². The van der Waals surface area contributed by atoms with Gasteiger partial charge in [-0.2, -0.15) is 0 Å². The van der Waals surface area contributed by atoms with Crippen molar-refractivity contribution >= 4 is 11.6 Å². The zero-order valence-electron chi connectivity index (χ0n) is 8.59. The predicted octanol–water partition coefficient (Wildman–Crippen LogP) is 2.48. The third kappa shape index (κ3) is 1.90. The van der Waals surface area contributed by atoms with E-state index in [1.165, 1.54) is 7.11 Å². The minimum absolute atomic E-state index is 0.157. The number of phenols is 1. The van der Waals surface area contributed by atoms with Crippen molar-refractivity contribution in [3.8, 4) is 11.5 Å². The Bertz CT molecular complexity index is 362. The Morgan fingerprint density at radius 2 is 2.33 bits per heavy atom. The van der Waals surface area contributed by atoms with Crippen molar-refractivity contribution in [2.45, 2.75) is 18.9 Å². The summed E-state index contributed by atoms with van der Waals surface area (Å²) in [6, 6.07) is 3.83. The number of benzene rings is 1. The Morgan fingerprint density at radius 1 is 1.53 bits per heavy atom. The van der Waals surface area contributed by atoms with Gasteiger partial charge < -0.3 is 15.2 Å². The van der Waals surface area contributed by atoms with Crippen molar-refractivity contribution in [1.29, 1.82) is 0 Å². The molecule has 3 nitrogen and oxygen atoms in total. The van der Waals surface area contributed by atoms with Crippen LogP contribution in [0.25, 0.3) is 0 Å². The second-order valence-corrected chi connectivity index (χ2v) is 4.07. The van der Waals surface area contributed by atoms with Gasteiger partial charge in [-0.25, -0.2) is 0 Å². The molecule has 0 aliphatic carbocycles. The van der Waals surface area contributed by atoms with E-state index in [2.05, 4.69) is 5.32 Å². The van der Waals surface area contributed by atoms with Gasteiger partial charge in [-0.15, -0.1) is 0 Å². The smallest absolute Gasteiger partial charge is 0.179 e. The summed E-state index contributed by atoms with van der Waals surface area (Å²) in [4.78, 5) is 0. The Hall–Kier alpha value is -0.930. The van der Waals surface area contributed by atoms with Gasteiger partial charge >= 0.3 is 0 Å². The minimum Gasteiger partial charge on any atom is -0.504 e. The Morgan fingerprint density at radius 3 is 2.93 bits per heavy atom. The summed E-state index contributed by atoms with van der Waals surface area (Å²) in [5.41, 5.74) is 0.869. The quantitative estimate of drug-likeness (QED) is 0.816. The molecule has 4 heteroatoms. The lowest BCUT2D eigenvalue weighted by Crippen LogP contribution is -2.13. The molecule has 0 bridgehead atoms. The number of ether oxygens (including phenoxy) is 1. The molecule has 0 radical (unpaired) electrons. The van der Waals surface area contributed by atoms with E-state index >= 15 is 0 Å². The molecule has 1 unspecified atom stereocenters. The van der Waals surface area contributed by atoms with Crippen LogP contribution in [0.4, 0.5) is 0 Å². The number of nitrogens with one attached hydrogen (secondary N) is 1. The van der Waals surface area contributed by atoms with Gasteiger partial charge in [-0.1, -0.05) is 17.7 Å². The molecular weight excluding hydrogens is 214 g/mol. The van der Waals surface area contributed by atoms with Crippen LogP contribution in [0.1, 0.15) is 24.4 Å². The molecule has 0 spiro atoms. The lowest BCUT2D eigenvalue weighted by atomic mass is 10.0. The summed E-state index contributed by atoms with van der Waals surface area (Å²) in [6.07, 6.45) is 2.17. The number of rotatable bonds is 2. The average molecular weight is 228 g/mol. The highest BCUT2D eigenvalue weighted by molar-refractivity contribution is 6.32. The molecule has 1 fully saturated rings. The summed E-state index contributed by atoms with van der Waals surface area (Å²) >= 11 is 5.90. The van der Waals surface area contributed by atoms with Gasteiger partial charge in [-0.05, 0) is 25.5 Å². The Balaban J connectivity index is 2.39. The third-order valence-corrected chi connectivity index (χ3v) is 3.05. The number of aromatic hydroxyl groups is 1. The molecule has 0 saturated carbocycles. The van der Waals surface area contributed by atoms with Crippen LogP contribution in [0.5, 0.6) is 11.5 Å². The van der Waals surface area contributed by atoms with Crippen molar-refractivity contribution < 1.29 is 9.84 Å². The van der Waals surface area contributed by atoms with Gasteiger partial charge in [0.1, 0.15) is 0 Å². The van der Waals surface area contributed by atoms with Gasteiger partial charge in [0.15, 0.2) is 11.5 Å². The first kappa shape index (κ1) is 10.6. The molecule has 0 amide bonds. The van der Waals surface area contributed by atoms with Gasteiger partial charge in [0, 0.05) is 11.6 Å². The lowest BCUT2D eigenvalue weighted by Gasteiger charge is -2.15. The highest BCUT2D eigenvalue weighted by Crippen LogP contribution is 2.41. The number of methoxy groups -OCH3 is 1. The zero-order valence-corrected chi connectivity index (χ0v) is 9.34. The van der Waals surface area contributed by atoms with Crippen LogP contribution in [0.3, 0.4) is 0 Å². The number of phenolic OH excluding ortho intramolecular Hbond substituents is 1. The fraction of sp³-hybridized carbons (Fsp3) is 0.455. The summed E-state index contributed by atoms with van der Waals surface area (Å²) in [5.74, 6) is 0.521. The summed E-state index contributed by atoms with van der Waals surface area (Å²) in [7, 11) is 1.51. The first-order valence-corrected chi connectivity index (χ1v) is 5.40. The molecule has 15 heavy (non-hydrogen) atoms. The van der Waals surface area contributed by atoms with Crippen LogP contribution in [-0.2, 0) is 0 Å². The van der Waals surface area contributed by atoms with E-state index < -0.39 is 0 Å². The summed E-state index contributed by atoms with van der Waals surface area (Å²) in [6.45, 7) is 0.995. The molecule has 1 heterocycles. The number of halogens is 1. The zero-order chi connectivity index (χ0) is 10.8. The van der Waals surface area contributed by atoms with Crippen molar-refractivity contribution in [3.63, 3.8) is 0 Å². The molecule has 1 aliphatic heterocycles. The second kappa shape index (κ2) is 4.29. The van der Waals surface area contributed by atoms with E-state index in [-0.39, 0.29) is 11.8 Å². The standard InChI is InChI=1S/C11H14ClNO2/c1-15-11-8(12)5-4-7(10(11)14)9-3-2-6-13-9/h4-5,9,13-14H,2-3,6H2,1H3. The molecule has 1 atom stereocenters. The van der Waals surface area contributed by atoms with Crippen LogP contribution in [0.2, 0.25) is 5.02 Å². The molecule has 2 rings (SSSR count). The fourth-order valence-corrected chi connectivity index (χ4v) is 2.22. The molecule has 82 valence electrons. The van der Waals surface area contributed by atoms with E-state index in [9.17, 15) is 5.11 Å². The van der Waals surface area contributed by atoms with Crippen molar-refractivity contribution in [3.05, 3.63) is 22.7 Å². The van der Waals surface area contributed by atoms with Gasteiger partial charge in [0.2, 0.25) is 0 Å². The average Bonchev–Trinajstić information content (AvgIpc) is 2.71. The highest BCUT2D eigenvalue weighted by Gasteiger charge is 2.22. The molecule has 1 saturated heterocycles. The summed E-state index contributed by atoms with van der Waals surface area (Å²) in [5, 5.41) is 13.7. The summed E-state index contributed by atoms with van der Waals surface area (Å²) < 4.78 is 5.07. The van der Waals surface area contributed by atoms with Crippen molar-refractivity contribution in [2.24, 2.45) is 0 Å². The SMILES string of the molecule is COc1c(Cl)ccc(C2CCCN2)c1O. The lowest BCUT2D eigenvalue weighted by molar-refractivity contribution is 0.367. The predicted molar refractivity (Wildman–Crippen MR) is 59.6 cm³/mol. The minimum atomic E-state index is 0.157. The Kier molecular flexibility index (Phi) is 3.03. The van der Waals surface area contributed by atoms with Crippen LogP contribution < -0.4 is 10.1 Å². The molecule has 2 N–H and O–H groups in total. The number of hydrogen-bond donors (Lipinski definition) is 2. The van der Waals surface area contributed by atoms with Crippen molar-refractivity contribution in [1.82, 2.24) is 5.32 Å². The molecular formula is C11H14ClNO2. The molecule has 1 aromatic carbocycles. The van der Waals surface area contributed by atoms with Crippen LogP contribution >= 0.6 is 11.6 Å². The van der Waals surface area contributed by atoms with E-state index in [1.54, 1.807) is 6.07 Å². The van der Waals surface area contributed by atoms with E-state index in [4.69, 9.17) is 16.3 Å². The molecule has 0 aromatic heterocycles. The van der Waals surface area contributed by atoms with Crippen molar-refractivity contribution in [2.75, 3.05) is 13.7 Å². The van der Waals surface area contributed by atoms with Crippen LogP contribution in [0.15, 0.2) is 12.1 Å². The van der Waals surface area contributed by atoms with Gasteiger partial charge in [0.05, 0.1) is 12.1 Å². The first-order chi connectivity index (χ1) is 7.24. The topological polar surface area (TPSA) is 41.5 Å². The molecule has 1 aliphatic rings. The second-order valence-electron chi connectivity index (χ2n) is 3.67. The molecule has 1 aromatic rings. The largest absolute Gasteiger partial charge is 0.504 e. The van der Waals surface area contributed by atoms with Crippen LogP contribution in [-0.4, -0.2) is 18.8 Å². The van der Waals surface area contributed by atoms with E-state index in [1.807, 2.05) is 6.07 Å². The maximum atomic E-state index is 9.98. The van der Waals surface area contributed by atoms with E-state index in [0.29, 0.717) is 10.8 Å². The maximum Gasteiger partial charge on any atom is 0.179 e. The van der Waals surface area contributed by atoms with E-state index in [0.717, 1.165) is 24.9 Å². The van der Waals surface area contributed by atoms with Gasteiger partial charge in [-0.3, -0.25) is 0 Å². The maximum absolute atomic E-state index is 9.98. The monoisotopic (exact) mass is 227 g/mol. The third-order valence-electron chi connectivity index (χ3n) is 2.75.